The van der Waals surface area contributed by atoms with Crippen LogP contribution in [0.5, 0.6) is 0 Å². The first-order chi connectivity index (χ1) is 12.8. The van der Waals surface area contributed by atoms with E-state index in [4.69, 9.17) is 4.74 Å². The van der Waals surface area contributed by atoms with E-state index in [9.17, 15) is 4.79 Å². The average Bonchev–Trinajstić information content (AvgIpc) is 3.01. The predicted molar refractivity (Wildman–Crippen MR) is 104 cm³/mol. The molecule has 0 bridgehead atoms. The van der Waals surface area contributed by atoms with Crippen LogP contribution >= 0.6 is 0 Å². The molecule has 1 amide bonds. The van der Waals surface area contributed by atoms with Gasteiger partial charge in [0.1, 0.15) is 6.54 Å². The van der Waals surface area contributed by atoms with Gasteiger partial charge in [-0.15, -0.1) is 0 Å². The molecule has 3 rings (SSSR count). The number of aromatic nitrogens is 1. The number of nitrogens with zero attached hydrogens (tertiary/aromatic N) is 1. The second kappa shape index (κ2) is 9.17. The van der Waals surface area contributed by atoms with Crippen molar-refractivity contribution >= 4 is 16.8 Å². The highest BCUT2D eigenvalue weighted by atomic mass is 16.5. The summed E-state index contributed by atoms with van der Waals surface area (Å²) in [6, 6.07) is 18.5. The Bertz CT molecular complexity index is 843. The summed E-state index contributed by atoms with van der Waals surface area (Å²) in [5.41, 5.74) is 3.53. The predicted octanol–water partition coefficient (Wildman–Crippen LogP) is 2.69. The molecule has 0 saturated carbocycles. The quantitative estimate of drug-likeness (QED) is 0.583. The third kappa shape index (κ3) is 4.71. The molecule has 0 aliphatic rings. The van der Waals surface area contributed by atoms with Gasteiger partial charge in [0.05, 0.1) is 6.61 Å². The molecule has 2 aromatic carbocycles. The maximum atomic E-state index is 12.1. The van der Waals surface area contributed by atoms with E-state index in [0.717, 1.165) is 18.6 Å². The number of carbonyl (C=O) groups is 1. The molecular formula is C21H25N3O2. The lowest BCUT2D eigenvalue weighted by atomic mass is 10.1. The number of nitrogens with one attached hydrogen (secondary N) is 2. The number of benzene rings is 2. The molecule has 5 nitrogen and oxygen atoms in total. The van der Waals surface area contributed by atoms with Crippen LogP contribution in [-0.2, 0) is 29.2 Å². The van der Waals surface area contributed by atoms with Crippen molar-refractivity contribution in [3.8, 4) is 0 Å². The Morgan fingerprint density at radius 2 is 1.81 bits per heavy atom. The van der Waals surface area contributed by atoms with Crippen LogP contribution in [0.15, 0.2) is 60.8 Å². The standard InChI is InChI=1S/C21H25N3O2/c1-26-12-11-23-21(25)16-24-15-18(19-9-5-6-10-20(19)24)14-22-13-17-7-3-2-4-8-17/h2-10,15,22H,11-14,16H2,1H3,(H,23,25). The summed E-state index contributed by atoms with van der Waals surface area (Å²) >= 11 is 0. The Kier molecular flexibility index (Phi) is 6.41. The van der Waals surface area contributed by atoms with E-state index in [1.165, 1.54) is 16.5 Å². The van der Waals surface area contributed by atoms with Crippen molar-refractivity contribution in [2.45, 2.75) is 19.6 Å². The van der Waals surface area contributed by atoms with Gasteiger partial charge in [0.15, 0.2) is 0 Å². The van der Waals surface area contributed by atoms with Crippen molar-refractivity contribution < 1.29 is 9.53 Å². The first-order valence-electron chi connectivity index (χ1n) is 8.85. The van der Waals surface area contributed by atoms with Gasteiger partial charge in [-0.2, -0.15) is 0 Å². The number of methoxy groups -OCH3 is 1. The smallest absolute Gasteiger partial charge is 0.240 e. The molecule has 3 aromatic rings. The van der Waals surface area contributed by atoms with Crippen LogP contribution in [0.2, 0.25) is 0 Å². The third-order valence-electron chi connectivity index (χ3n) is 4.30. The Morgan fingerprint density at radius 1 is 1.04 bits per heavy atom. The number of amides is 1. The minimum absolute atomic E-state index is 0.00778. The fourth-order valence-corrected chi connectivity index (χ4v) is 3.04. The van der Waals surface area contributed by atoms with E-state index in [1.54, 1.807) is 7.11 Å². The largest absolute Gasteiger partial charge is 0.383 e. The highest BCUT2D eigenvalue weighted by Crippen LogP contribution is 2.21. The summed E-state index contributed by atoms with van der Waals surface area (Å²) in [7, 11) is 1.63. The Balaban J connectivity index is 1.67. The van der Waals surface area contributed by atoms with E-state index in [2.05, 4.69) is 41.1 Å². The average molecular weight is 351 g/mol. The summed E-state index contributed by atoms with van der Waals surface area (Å²) in [5, 5.41) is 7.54. The van der Waals surface area contributed by atoms with Gasteiger partial charge in [0, 0.05) is 43.8 Å². The first-order valence-corrected chi connectivity index (χ1v) is 8.85. The van der Waals surface area contributed by atoms with E-state index in [-0.39, 0.29) is 5.91 Å². The van der Waals surface area contributed by atoms with Crippen LogP contribution in [0.3, 0.4) is 0 Å². The number of hydrogen-bond donors (Lipinski definition) is 2. The molecule has 0 fully saturated rings. The molecule has 1 heterocycles. The first kappa shape index (κ1) is 18.2. The number of rotatable bonds is 9. The molecule has 26 heavy (non-hydrogen) atoms. The van der Waals surface area contributed by atoms with Gasteiger partial charge in [0.2, 0.25) is 5.91 Å². The van der Waals surface area contributed by atoms with Crippen molar-refractivity contribution in [2.75, 3.05) is 20.3 Å². The highest BCUT2D eigenvalue weighted by molar-refractivity contribution is 5.86. The van der Waals surface area contributed by atoms with E-state index < -0.39 is 0 Å². The van der Waals surface area contributed by atoms with Crippen LogP contribution in [0.1, 0.15) is 11.1 Å². The highest BCUT2D eigenvalue weighted by Gasteiger charge is 2.10. The van der Waals surface area contributed by atoms with E-state index >= 15 is 0 Å². The van der Waals surface area contributed by atoms with Crippen molar-refractivity contribution in [1.29, 1.82) is 0 Å². The normalized spacial score (nSPS) is 11.0. The van der Waals surface area contributed by atoms with Gasteiger partial charge in [-0.1, -0.05) is 48.5 Å². The summed E-state index contributed by atoms with van der Waals surface area (Å²) in [5.74, 6) is -0.00778. The third-order valence-corrected chi connectivity index (χ3v) is 4.30. The van der Waals surface area contributed by atoms with Crippen LogP contribution in [0, 0.1) is 0 Å². The lowest BCUT2D eigenvalue weighted by molar-refractivity contribution is -0.121. The topological polar surface area (TPSA) is 55.3 Å². The van der Waals surface area contributed by atoms with Gasteiger partial charge >= 0.3 is 0 Å². The van der Waals surface area contributed by atoms with Crippen LogP contribution in [-0.4, -0.2) is 30.7 Å². The number of fused-ring (bicyclic) bond motifs is 1. The lowest BCUT2D eigenvalue weighted by Crippen LogP contribution is -2.30. The molecular weight excluding hydrogens is 326 g/mol. The summed E-state index contributed by atoms with van der Waals surface area (Å²) < 4.78 is 6.98. The summed E-state index contributed by atoms with van der Waals surface area (Å²) in [6.45, 7) is 2.93. The zero-order valence-corrected chi connectivity index (χ0v) is 15.1. The van der Waals surface area contributed by atoms with Gasteiger partial charge in [0.25, 0.3) is 0 Å². The lowest BCUT2D eigenvalue weighted by Gasteiger charge is -2.06. The Morgan fingerprint density at radius 3 is 2.62 bits per heavy atom. The molecule has 1 aromatic heterocycles. The summed E-state index contributed by atoms with van der Waals surface area (Å²) in [6.07, 6.45) is 2.07. The molecule has 5 heteroatoms. The molecule has 0 saturated heterocycles. The van der Waals surface area contributed by atoms with Crippen molar-refractivity contribution in [3.05, 3.63) is 71.9 Å². The number of ether oxygens (including phenoxy) is 1. The second-order valence-electron chi connectivity index (χ2n) is 6.23. The van der Waals surface area contributed by atoms with Crippen LogP contribution < -0.4 is 10.6 Å². The Labute approximate surface area is 154 Å². The zero-order valence-electron chi connectivity index (χ0n) is 15.1. The number of carbonyl (C=O) groups excluding carboxylic acids is 1. The summed E-state index contributed by atoms with van der Waals surface area (Å²) in [4.78, 5) is 12.1. The van der Waals surface area contributed by atoms with Gasteiger partial charge < -0.3 is 19.9 Å². The van der Waals surface area contributed by atoms with Gasteiger partial charge in [-0.3, -0.25) is 4.79 Å². The molecule has 0 unspecified atom stereocenters. The van der Waals surface area contributed by atoms with E-state index in [1.807, 2.05) is 34.9 Å². The van der Waals surface area contributed by atoms with Crippen LogP contribution in [0.4, 0.5) is 0 Å². The zero-order chi connectivity index (χ0) is 18.2. The Hall–Kier alpha value is -2.63. The molecule has 0 aliphatic carbocycles. The van der Waals surface area contributed by atoms with Crippen molar-refractivity contribution in [1.82, 2.24) is 15.2 Å². The molecule has 2 N–H and O–H groups in total. The molecule has 0 spiro atoms. The minimum Gasteiger partial charge on any atom is -0.383 e. The van der Waals surface area contributed by atoms with E-state index in [0.29, 0.717) is 19.7 Å². The van der Waals surface area contributed by atoms with Crippen molar-refractivity contribution in [2.24, 2.45) is 0 Å². The molecule has 0 radical (unpaired) electrons. The fraction of sp³-hybridized carbons (Fsp3) is 0.286. The maximum absolute atomic E-state index is 12.1. The fourth-order valence-electron chi connectivity index (χ4n) is 3.04. The minimum atomic E-state index is -0.00778. The molecule has 0 aliphatic heterocycles. The monoisotopic (exact) mass is 351 g/mol. The van der Waals surface area contributed by atoms with Crippen LogP contribution in [0.25, 0.3) is 10.9 Å². The SMILES string of the molecule is COCCNC(=O)Cn1cc(CNCc2ccccc2)c2ccccc21. The number of para-hydroxylation sites is 1. The molecule has 0 atom stereocenters. The van der Waals surface area contributed by atoms with Gasteiger partial charge in [-0.25, -0.2) is 0 Å². The second-order valence-corrected chi connectivity index (χ2v) is 6.23. The number of hydrogen-bond acceptors (Lipinski definition) is 3. The van der Waals surface area contributed by atoms with Gasteiger partial charge in [-0.05, 0) is 17.2 Å². The maximum Gasteiger partial charge on any atom is 0.240 e. The van der Waals surface area contributed by atoms with Crippen molar-refractivity contribution in [3.63, 3.8) is 0 Å². The molecule has 136 valence electrons.